The highest BCUT2D eigenvalue weighted by molar-refractivity contribution is 6.42. The van der Waals surface area contributed by atoms with E-state index in [4.69, 9.17) is 27.9 Å². The lowest BCUT2D eigenvalue weighted by molar-refractivity contribution is -0.154. The van der Waals surface area contributed by atoms with Crippen LogP contribution in [0.15, 0.2) is 18.2 Å². The predicted octanol–water partition coefficient (Wildman–Crippen LogP) is 3.35. The first-order chi connectivity index (χ1) is 12.8. The van der Waals surface area contributed by atoms with Crippen molar-refractivity contribution in [3.8, 4) is 0 Å². The van der Waals surface area contributed by atoms with Crippen molar-refractivity contribution in [2.45, 2.75) is 51.7 Å². The van der Waals surface area contributed by atoms with E-state index in [1.54, 1.807) is 0 Å². The summed E-state index contributed by atoms with van der Waals surface area (Å²) in [4.78, 5) is 36.2. The number of hydrogen-bond donors (Lipinski definition) is 2. The number of rotatable bonds is 6. The number of carbonyl (C=O) groups is 3. The zero-order valence-electron chi connectivity index (χ0n) is 15.4. The quantitative estimate of drug-likeness (QED) is 0.698. The molecule has 27 heavy (non-hydrogen) atoms. The number of halogens is 2. The number of ether oxygens (including phenoxy) is 1. The van der Waals surface area contributed by atoms with Crippen LogP contribution in [0, 0.1) is 5.92 Å². The summed E-state index contributed by atoms with van der Waals surface area (Å²) in [6.07, 6.45) is 3.36. The number of hydrogen-bond acceptors (Lipinski definition) is 4. The summed E-state index contributed by atoms with van der Waals surface area (Å²) in [7, 11) is 0. The molecule has 6 nitrogen and oxygen atoms in total. The maximum Gasteiger partial charge on any atom is 0.326 e. The average Bonchev–Trinajstić information content (AvgIpc) is 2.63. The molecule has 0 aromatic heterocycles. The van der Waals surface area contributed by atoms with E-state index in [1.807, 2.05) is 0 Å². The van der Waals surface area contributed by atoms with Crippen LogP contribution in [0.3, 0.4) is 0 Å². The predicted molar refractivity (Wildman–Crippen MR) is 104 cm³/mol. The van der Waals surface area contributed by atoms with E-state index in [0.717, 1.165) is 19.3 Å². The first-order valence-corrected chi connectivity index (χ1v) is 9.76. The van der Waals surface area contributed by atoms with Crippen LogP contribution in [0.4, 0.5) is 0 Å². The van der Waals surface area contributed by atoms with Crippen molar-refractivity contribution in [1.29, 1.82) is 0 Å². The van der Waals surface area contributed by atoms with Crippen molar-refractivity contribution in [3.05, 3.63) is 33.8 Å². The fourth-order valence-corrected chi connectivity index (χ4v) is 3.31. The largest absolute Gasteiger partial charge is 0.451 e. The fraction of sp³-hybridized carbons (Fsp3) is 0.526. The monoisotopic (exact) mass is 414 g/mol. The van der Waals surface area contributed by atoms with Crippen LogP contribution in [0.5, 0.6) is 0 Å². The van der Waals surface area contributed by atoms with Crippen molar-refractivity contribution >= 4 is 41.0 Å². The van der Waals surface area contributed by atoms with E-state index < -0.39 is 18.0 Å². The van der Waals surface area contributed by atoms with Crippen LogP contribution in [-0.4, -0.2) is 36.5 Å². The second kappa shape index (κ2) is 9.95. The molecule has 0 heterocycles. The first-order valence-electron chi connectivity index (χ1n) is 9.01. The first kappa shape index (κ1) is 21.5. The van der Waals surface area contributed by atoms with E-state index in [2.05, 4.69) is 17.6 Å². The Hall–Kier alpha value is -1.79. The molecule has 1 fully saturated rings. The molecule has 1 aliphatic rings. The maximum atomic E-state index is 12.2. The number of esters is 1. The van der Waals surface area contributed by atoms with Crippen LogP contribution in [-0.2, 0) is 14.3 Å². The van der Waals surface area contributed by atoms with Gasteiger partial charge in [-0.2, -0.15) is 0 Å². The Kier molecular flexibility index (Phi) is 7.92. The second-order valence-corrected chi connectivity index (χ2v) is 7.63. The minimum Gasteiger partial charge on any atom is -0.451 e. The lowest BCUT2D eigenvalue weighted by atomic mass is 9.86. The number of benzene rings is 1. The Morgan fingerprint density at radius 3 is 2.56 bits per heavy atom. The Morgan fingerprint density at radius 2 is 1.89 bits per heavy atom. The van der Waals surface area contributed by atoms with Gasteiger partial charge < -0.3 is 15.4 Å². The highest BCUT2D eigenvalue weighted by Crippen LogP contribution is 2.24. The van der Waals surface area contributed by atoms with E-state index >= 15 is 0 Å². The van der Waals surface area contributed by atoms with Gasteiger partial charge in [-0.1, -0.05) is 43.0 Å². The summed E-state index contributed by atoms with van der Waals surface area (Å²) in [5, 5.41) is 5.95. The molecule has 0 spiro atoms. The van der Waals surface area contributed by atoms with Gasteiger partial charge in [0.15, 0.2) is 6.10 Å². The van der Waals surface area contributed by atoms with Crippen LogP contribution >= 0.6 is 23.2 Å². The molecule has 2 N–H and O–H groups in total. The standard InChI is InChI=1S/C19H24Cl2N2O4/c1-11-5-3-4-6-16(11)23-18(25)12(2)27-17(24)10-22-19(26)13-7-8-14(20)15(21)9-13/h7-9,11-12,16H,3-6,10H2,1-2H3,(H,22,26)(H,23,25)/t11-,12+,16+/m0/s1. The molecule has 2 rings (SSSR count). The zero-order valence-corrected chi connectivity index (χ0v) is 16.9. The molecule has 0 bridgehead atoms. The van der Waals surface area contributed by atoms with Gasteiger partial charge in [-0.15, -0.1) is 0 Å². The third-order valence-corrected chi connectivity index (χ3v) is 5.43. The molecule has 3 atom stereocenters. The summed E-state index contributed by atoms with van der Waals surface area (Å²) < 4.78 is 5.11. The summed E-state index contributed by atoms with van der Waals surface area (Å²) in [5.41, 5.74) is 0.272. The fourth-order valence-electron chi connectivity index (χ4n) is 3.02. The minimum atomic E-state index is -0.923. The number of amides is 2. The molecule has 1 aromatic carbocycles. The molecule has 0 aliphatic heterocycles. The van der Waals surface area contributed by atoms with Crippen molar-refractivity contribution in [1.82, 2.24) is 10.6 Å². The Morgan fingerprint density at radius 1 is 1.19 bits per heavy atom. The summed E-state index contributed by atoms with van der Waals surface area (Å²) in [6.45, 7) is 3.28. The molecule has 0 saturated heterocycles. The lowest BCUT2D eigenvalue weighted by Gasteiger charge is -2.30. The molecular formula is C19H24Cl2N2O4. The summed E-state index contributed by atoms with van der Waals surface area (Å²) in [5.74, 6) is -1.09. The lowest BCUT2D eigenvalue weighted by Crippen LogP contribution is -2.46. The number of carbonyl (C=O) groups excluding carboxylic acids is 3. The van der Waals surface area contributed by atoms with Gasteiger partial charge in [-0.25, -0.2) is 0 Å². The van der Waals surface area contributed by atoms with Crippen LogP contribution in [0.1, 0.15) is 49.9 Å². The smallest absolute Gasteiger partial charge is 0.326 e. The van der Waals surface area contributed by atoms with Gasteiger partial charge in [0.1, 0.15) is 6.54 Å². The molecule has 1 saturated carbocycles. The molecular weight excluding hydrogens is 391 g/mol. The van der Waals surface area contributed by atoms with Crippen LogP contribution < -0.4 is 10.6 Å². The van der Waals surface area contributed by atoms with Gasteiger partial charge in [0, 0.05) is 11.6 Å². The van der Waals surface area contributed by atoms with Gasteiger partial charge >= 0.3 is 5.97 Å². The molecule has 0 radical (unpaired) electrons. The van der Waals surface area contributed by atoms with E-state index in [-0.39, 0.29) is 29.1 Å². The third-order valence-electron chi connectivity index (χ3n) is 4.69. The maximum absolute atomic E-state index is 12.2. The Balaban J connectivity index is 1.77. The second-order valence-electron chi connectivity index (χ2n) is 6.82. The molecule has 0 unspecified atom stereocenters. The van der Waals surface area contributed by atoms with Crippen LogP contribution in [0.25, 0.3) is 0 Å². The van der Waals surface area contributed by atoms with Crippen molar-refractivity contribution < 1.29 is 19.1 Å². The Labute approximate surface area is 168 Å². The SMILES string of the molecule is C[C@@H](OC(=O)CNC(=O)c1ccc(Cl)c(Cl)c1)C(=O)N[C@@H]1CCCC[C@@H]1C. The van der Waals surface area contributed by atoms with Crippen molar-refractivity contribution in [2.24, 2.45) is 5.92 Å². The van der Waals surface area contributed by atoms with Gasteiger partial charge in [-0.05, 0) is 43.9 Å². The highest BCUT2D eigenvalue weighted by Gasteiger charge is 2.26. The van der Waals surface area contributed by atoms with Crippen LogP contribution in [0.2, 0.25) is 10.0 Å². The summed E-state index contributed by atoms with van der Waals surface area (Å²) in [6, 6.07) is 4.51. The van der Waals surface area contributed by atoms with E-state index in [1.165, 1.54) is 31.5 Å². The van der Waals surface area contributed by atoms with E-state index in [0.29, 0.717) is 10.9 Å². The normalized spacial score (nSPS) is 20.4. The zero-order chi connectivity index (χ0) is 20.0. The van der Waals surface area contributed by atoms with Gasteiger partial charge in [0.2, 0.25) is 0 Å². The third kappa shape index (κ3) is 6.40. The highest BCUT2D eigenvalue weighted by atomic mass is 35.5. The number of nitrogens with one attached hydrogen (secondary N) is 2. The average molecular weight is 415 g/mol. The van der Waals surface area contributed by atoms with Gasteiger partial charge in [0.25, 0.3) is 11.8 Å². The topological polar surface area (TPSA) is 84.5 Å². The van der Waals surface area contributed by atoms with Gasteiger partial charge in [-0.3, -0.25) is 14.4 Å². The molecule has 148 valence electrons. The molecule has 1 aliphatic carbocycles. The van der Waals surface area contributed by atoms with E-state index in [9.17, 15) is 14.4 Å². The summed E-state index contributed by atoms with van der Waals surface area (Å²) >= 11 is 11.7. The Bertz CT molecular complexity index is 711. The molecule has 8 heteroatoms. The van der Waals surface area contributed by atoms with Crippen molar-refractivity contribution in [3.63, 3.8) is 0 Å². The molecule has 2 amide bonds. The van der Waals surface area contributed by atoms with Crippen molar-refractivity contribution in [2.75, 3.05) is 6.54 Å². The molecule has 1 aromatic rings. The van der Waals surface area contributed by atoms with Gasteiger partial charge in [0.05, 0.1) is 10.0 Å². The minimum absolute atomic E-state index is 0.113.